The monoisotopic (exact) mass is 1450 g/mol. The van der Waals surface area contributed by atoms with Crippen molar-refractivity contribution in [2.24, 2.45) is 21.9 Å². The maximum absolute atomic E-state index is 14.2. The maximum atomic E-state index is 14.2. The van der Waals surface area contributed by atoms with Gasteiger partial charge in [0.05, 0.1) is 44.5 Å². The van der Waals surface area contributed by atoms with E-state index in [9.17, 15) is 37.6 Å². The van der Waals surface area contributed by atoms with Gasteiger partial charge in [-0.05, 0) is 196 Å². The molecule has 544 valence electrons. The van der Waals surface area contributed by atoms with Crippen molar-refractivity contribution in [3.8, 4) is 21.9 Å². The summed E-state index contributed by atoms with van der Waals surface area (Å²) in [6.07, 6.45) is 13.7. The summed E-state index contributed by atoms with van der Waals surface area (Å²) in [6, 6.07) is 27.3. The van der Waals surface area contributed by atoms with Gasteiger partial charge in [-0.3, -0.25) is 19.2 Å². The standard InChI is InChI=1S/C77H98ClN13O9S2/c1-50-70(101-49-85-50)54-14-12-51(13-15-54)45-84-74(95)67-41-60(92)48-91(67)75(96)71(76(2,3)4)86-69(93)11-9-7-8-10-34-89-35-28-59(29-36-89)90-37-26-52(27-38-90)44-82-65-23-21-62(42-66(65)87-97)102(98,99)88-73(94)63-22-20-58(40-68(63)100-61-39-55-25-31-81-72(55)83-47-61)80-33-32-79-46-56-24-30-77(5,6)43-64(56)53-16-18-57(78)19-17-53/h12-23,25,31,39-40,42,47,49,52,59-60,67,71,79-80,82,92H,7-11,24,26-30,32-38,41,43-46,48H2,1-6H3,(H,81,83)(H,84,95)(H,86,93)(H,88,94)/t60-,67+,71-/m1/s1. The summed E-state index contributed by atoms with van der Waals surface area (Å²) in [6.45, 7) is 20.1. The van der Waals surface area contributed by atoms with Gasteiger partial charge in [-0.1, -0.05) is 101 Å². The highest BCUT2D eigenvalue weighted by Crippen LogP contribution is 2.43. The van der Waals surface area contributed by atoms with Crippen LogP contribution in [-0.2, 0) is 31.0 Å². The molecule has 3 atom stereocenters. The van der Waals surface area contributed by atoms with Crippen molar-refractivity contribution in [2.75, 3.05) is 76.1 Å². The summed E-state index contributed by atoms with van der Waals surface area (Å²) in [5, 5.41) is 31.7. The number of nitroso groups, excluding NO2 is 1. The van der Waals surface area contributed by atoms with Crippen LogP contribution in [0.1, 0.15) is 145 Å². The zero-order valence-electron chi connectivity index (χ0n) is 59.4. The third-order valence-corrected chi connectivity index (χ3v) is 23.0. The van der Waals surface area contributed by atoms with Crippen molar-refractivity contribution < 1.29 is 37.4 Å². The number of β-amino-alcohol motifs (C(OH)–C–C–N with tert-alkyl or cyclic N) is 1. The van der Waals surface area contributed by atoms with Crippen LogP contribution < -0.4 is 36.0 Å². The average molecular weight is 1450 g/mol. The Morgan fingerprint density at radius 2 is 1.62 bits per heavy atom. The number of aliphatic hydroxyl groups is 1. The number of H-pyrrole nitrogens is 1. The number of piperidine rings is 2. The second-order valence-electron chi connectivity index (χ2n) is 29.7. The summed E-state index contributed by atoms with van der Waals surface area (Å²) in [5.74, 6) is -1.07. The Labute approximate surface area is 608 Å². The van der Waals surface area contributed by atoms with Crippen LogP contribution in [0.3, 0.4) is 0 Å². The number of sulfonamides is 1. The lowest BCUT2D eigenvalue weighted by Crippen LogP contribution is -2.57. The number of benzene rings is 4. The molecule has 7 aromatic rings. The zero-order valence-corrected chi connectivity index (χ0v) is 61.8. The molecule has 4 aromatic carbocycles. The molecular weight excluding hydrogens is 1350 g/mol. The van der Waals surface area contributed by atoms with Crippen molar-refractivity contribution in [3.05, 3.63) is 153 Å². The number of hydrogen-bond donors (Lipinski definition) is 8. The molecule has 4 amide bonds. The number of nitrogens with one attached hydrogen (secondary N) is 7. The number of likely N-dealkylation sites (tertiary alicyclic amines) is 3. The summed E-state index contributed by atoms with van der Waals surface area (Å²) in [7, 11) is -4.50. The van der Waals surface area contributed by atoms with Gasteiger partial charge in [0, 0.05) is 86.5 Å². The quantitative estimate of drug-likeness (QED) is 0.0153. The van der Waals surface area contributed by atoms with E-state index in [0.29, 0.717) is 72.2 Å². The minimum Gasteiger partial charge on any atom is -0.455 e. The topological polar surface area (TPSA) is 285 Å². The van der Waals surface area contributed by atoms with E-state index in [4.69, 9.17) is 16.3 Å². The van der Waals surface area contributed by atoms with Crippen LogP contribution in [-0.4, -0.2) is 156 Å². The number of fused-ring (bicyclic) bond motifs is 1. The predicted octanol–water partition coefficient (Wildman–Crippen LogP) is 13.0. The van der Waals surface area contributed by atoms with E-state index in [1.165, 1.54) is 52.1 Å². The van der Waals surface area contributed by atoms with E-state index in [0.717, 1.165) is 131 Å². The molecule has 0 radical (unpaired) electrons. The molecule has 1 aliphatic carbocycles. The Balaban J connectivity index is 0.586. The number of aromatic amines is 1. The fourth-order valence-electron chi connectivity index (χ4n) is 14.4. The number of aliphatic hydroxyl groups excluding tert-OH is 1. The molecule has 0 unspecified atom stereocenters. The Kier molecular flexibility index (Phi) is 25.0. The van der Waals surface area contributed by atoms with Crippen LogP contribution in [0.2, 0.25) is 5.02 Å². The van der Waals surface area contributed by atoms with Gasteiger partial charge >= 0.3 is 0 Å². The number of amides is 4. The number of aromatic nitrogens is 3. The first kappa shape index (κ1) is 75.1. The number of rotatable bonds is 30. The number of nitrogens with zero attached hydrogens (tertiary/aromatic N) is 6. The molecule has 6 heterocycles. The highest BCUT2D eigenvalue weighted by atomic mass is 35.5. The van der Waals surface area contributed by atoms with Crippen LogP contribution in [0, 0.1) is 28.6 Å². The normalized spacial score (nSPS) is 18.3. The van der Waals surface area contributed by atoms with Gasteiger partial charge in [0.1, 0.15) is 34.9 Å². The second-order valence-corrected chi connectivity index (χ2v) is 32.7. The molecule has 102 heavy (non-hydrogen) atoms. The minimum absolute atomic E-state index is 0.0186. The molecular formula is C77H98ClN13O9S2. The van der Waals surface area contributed by atoms with Crippen LogP contribution in [0.25, 0.3) is 27.0 Å². The summed E-state index contributed by atoms with van der Waals surface area (Å²) in [5.41, 5.74) is 9.84. The molecule has 25 heteroatoms. The SMILES string of the molecule is Cc1ncsc1-c1ccc(CNC(=O)[C@@H]2C[C@@H](O)CN2C(=O)[C@@H](NC(=O)CCCCCCN2CCC(N3CCC(CNc4ccc(S(=O)(=O)NC(=O)c5ccc(NCCNCC6=C(c7ccc(Cl)cc7)CC(C)(C)CC6)cc5Oc5cnc6[nH]ccc6c5)cc4N=O)CC3)CC2)C(C)(C)C)cc1. The van der Waals surface area contributed by atoms with Crippen molar-refractivity contribution in [3.63, 3.8) is 0 Å². The maximum Gasteiger partial charge on any atom is 0.268 e. The molecule has 3 aliphatic heterocycles. The molecule has 3 fully saturated rings. The van der Waals surface area contributed by atoms with Crippen LogP contribution >= 0.6 is 22.9 Å². The van der Waals surface area contributed by atoms with Crippen molar-refractivity contribution in [1.29, 1.82) is 0 Å². The van der Waals surface area contributed by atoms with Crippen molar-refractivity contribution in [2.45, 2.75) is 161 Å². The van der Waals surface area contributed by atoms with E-state index in [1.54, 1.807) is 35.7 Å². The Morgan fingerprint density at radius 1 is 0.863 bits per heavy atom. The Bertz CT molecular complexity index is 4220. The number of pyridine rings is 1. The van der Waals surface area contributed by atoms with E-state index < -0.39 is 39.5 Å². The minimum atomic E-state index is -4.50. The highest BCUT2D eigenvalue weighted by Gasteiger charge is 2.45. The first-order valence-electron chi connectivity index (χ1n) is 35.9. The predicted molar refractivity (Wildman–Crippen MR) is 404 cm³/mol. The van der Waals surface area contributed by atoms with Crippen molar-refractivity contribution in [1.82, 2.24) is 50.3 Å². The van der Waals surface area contributed by atoms with Crippen LogP contribution in [0.15, 0.2) is 131 Å². The fraction of sp³-hybridized carbons (Fsp3) is 0.481. The van der Waals surface area contributed by atoms with E-state index in [-0.39, 0.29) is 64.5 Å². The smallest absolute Gasteiger partial charge is 0.268 e. The van der Waals surface area contributed by atoms with Gasteiger partial charge in [0.25, 0.3) is 15.9 Å². The third kappa shape index (κ3) is 19.8. The van der Waals surface area contributed by atoms with Gasteiger partial charge < -0.3 is 56.1 Å². The second kappa shape index (κ2) is 34.0. The fourth-order valence-corrected chi connectivity index (χ4v) is 16.4. The molecule has 3 aromatic heterocycles. The molecule has 11 rings (SSSR count). The molecule has 4 aliphatic rings. The number of anilines is 2. The number of unbranched alkanes of at least 4 members (excludes halogenated alkanes) is 3. The lowest BCUT2D eigenvalue weighted by molar-refractivity contribution is -0.144. The largest absolute Gasteiger partial charge is 0.455 e. The van der Waals surface area contributed by atoms with E-state index in [2.05, 4.69) is 87.2 Å². The Hall–Kier alpha value is -8.10. The summed E-state index contributed by atoms with van der Waals surface area (Å²) in [4.78, 5) is 86.7. The Morgan fingerprint density at radius 3 is 2.35 bits per heavy atom. The van der Waals surface area contributed by atoms with Gasteiger partial charge in [-0.2, -0.15) is 0 Å². The van der Waals surface area contributed by atoms with Gasteiger partial charge in [-0.15, -0.1) is 16.2 Å². The molecule has 8 N–H and O–H groups in total. The van der Waals surface area contributed by atoms with Gasteiger partial charge in [0.15, 0.2) is 0 Å². The number of carbonyl (C=O) groups is 4. The molecule has 0 bridgehead atoms. The number of halogens is 1. The number of hydrogen-bond acceptors (Lipinski definition) is 18. The highest BCUT2D eigenvalue weighted by molar-refractivity contribution is 7.90. The average Bonchev–Trinajstić information content (AvgIpc) is 1.46. The third-order valence-electron chi connectivity index (χ3n) is 20.4. The number of allylic oxidation sites excluding steroid dienone is 1. The van der Waals surface area contributed by atoms with E-state index in [1.807, 2.05) is 75.7 Å². The van der Waals surface area contributed by atoms with Gasteiger partial charge in [-0.25, -0.2) is 23.1 Å². The number of carbonyl (C=O) groups excluding carboxylic acids is 4. The number of thiazole rings is 1. The lowest BCUT2D eigenvalue weighted by Gasteiger charge is -2.42. The van der Waals surface area contributed by atoms with Crippen molar-refractivity contribution >= 4 is 90.3 Å². The molecule has 3 saturated heterocycles. The van der Waals surface area contributed by atoms with Crippen LogP contribution in [0.5, 0.6) is 11.5 Å². The lowest BCUT2D eigenvalue weighted by atomic mass is 9.72. The molecule has 0 saturated carbocycles. The first-order valence-corrected chi connectivity index (χ1v) is 38.7. The molecule has 0 spiro atoms. The summed E-state index contributed by atoms with van der Waals surface area (Å²) < 4.78 is 36.4. The number of aryl methyl sites for hydroxylation is 1. The molecule has 22 nitrogen and oxygen atoms in total. The summed E-state index contributed by atoms with van der Waals surface area (Å²) >= 11 is 7.82. The first-order chi connectivity index (χ1) is 48.9. The van der Waals surface area contributed by atoms with Crippen LogP contribution in [0.4, 0.5) is 17.1 Å². The van der Waals surface area contributed by atoms with E-state index >= 15 is 0 Å². The number of ether oxygens (including phenoxy) is 1. The van der Waals surface area contributed by atoms with Gasteiger partial charge in [0.2, 0.25) is 17.7 Å². The zero-order chi connectivity index (χ0) is 72.1.